The van der Waals surface area contributed by atoms with Crippen LogP contribution in [0, 0.1) is 0 Å². The summed E-state index contributed by atoms with van der Waals surface area (Å²) < 4.78 is 32.5. The van der Waals surface area contributed by atoms with Gasteiger partial charge in [-0.25, -0.2) is 4.57 Å². The Morgan fingerprint density at radius 3 is 1.44 bits per heavy atom. The number of ether oxygens (including phenoxy) is 2. The lowest BCUT2D eigenvalue weighted by Gasteiger charge is -2.19. The fourth-order valence-electron chi connectivity index (χ4n) is 4.77. The molecule has 0 aromatic heterocycles. The molecule has 0 saturated heterocycles. The van der Waals surface area contributed by atoms with Crippen LogP contribution in [0.5, 0.6) is 0 Å². The maximum absolute atomic E-state index is 12.5. The van der Waals surface area contributed by atoms with E-state index in [0.29, 0.717) is 12.8 Å². The molecule has 0 aromatic rings. The molecule has 0 bridgehead atoms. The summed E-state index contributed by atoms with van der Waals surface area (Å²) >= 11 is 0. The molecule has 0 spiro atoms. The van der Waals surface area contributed by atoms with Crippen LogP contribution in [0.25, 0.3) is 0 Å². The van der Waals surface area contributed by atoms with E-state index in [2.05, 4.69) is 86.8 Å². The second kappa shape index (κ2) is 36.3. The number of unbranched alkanes of at least 4 members (excludes halogenated alkanes) is 10. The first-order chi connectivity index (χ1) is 24.3. The average Bonchev–Trinajstić information content (AvgIpc) is 3.09. The standard InChI is InChI=1S/C41H69O8P/c1-4-7-9-11-13-15-17-19-21-23-25-27-29-31-33-35-40(42)46-37-39(38-48-50(44,45)47-6-3)49-41(43)36-34-32-30-28-26-24-22-20-18-16-14-12-10-8-5-2/h7-10,13-16,19-22,39H,4-6,11-12,17-18,23-38H2,1-3H3,(H,44,45)/b9-7-,10-8-,15-13-,16-14-,21-19-,22-20-/t39-/m1/s1. The molecule has 0 aliphatic carbocycles. The number of hydrogen-bond acceptors (Lipinski definition) is 7. The summed E-state index contributed by atoms with van der Waals surface area (Å²) in [5, 5.41) is 0. The summed E-state index contributed by atoms with van der Waals surface area (Å²) in [6.45, 7) is 5.18. The minimum absolute atomic E-state index is 0.0101. The molecule has 1 N–H and O–H groups in total. The number of carbonyl (C=O) groups is 2. The number of hydrogen-bond donors (Lipinski definition) is 1. The summed E-state index contributed by atoms with van der Waals surface area (Å²) in [4.78, 5) is 34.6. The predicted molar refractivity (Wildman–Crippen MR) is 207 cm³/mol. The van der Waals surface area contributed by atoms with Gasteiger partial charge in [-0.05, 0) is 84.0 Å². The van der Waals surface area contributed by atoms with E-state index in [9.17, 15) is 19.0 Å². The van der Waals surface area contributed by atoms with E-state index < -0.39 is 32.5 Å². The molecule has 0 aliphatic rings. The Morgan fingerprint density at radius 1 is 0.540 bits per heavy atom. The highest BCUT2D eigenvalue weighted by atomic mass is 31.2. The van der Waals surface area contributed by atoms with E-state index in [1.807, 2.05) is 0 Å². The van der Waals surface area contributed by atoms with Gasteiger partial charge in [0.25, 0.3) is 0 Å². The summed E-state index contributed by atoms with van der Waals surface area (Å²) in [5.74, 6) is -0.846. The smallest absolute Gasteiger partial charge is 0.462 e. The van der Waals surface area contributed by atoms with Gasteiger partial charge >= 0.3 is 19.8 Å². The first-order valence-corrected chi connectivity index (χ1v) is 20.7. The third-order valence-electron chi connectivity index (χ3n) is 7.51. The molecule has 0 heterocycles. The summed E-state index contributed by atoms with van der Waals surface area (Å²) in [5.41, 5.74) is 0. The van der Waals surface area contributed by atoms with Crippen LogP contribution in [-0.4, -0.2) is 42.8 Å². The second-order valence-corrected chi connectivity index (χ2v) is 13.6. The maximum atomic E-state index is 12.5. The number of phosphoric acid groups is 1. The third-order valence-corrected chi connectivity index (χ3v) is 8.57. The van der Waals surface area contributed by atoms with Crippen LogP contribution in [0.2, 0.25) is 0 Å². The van der Waals surface area contributed by atoms with E-state index >= 15 is 0 Å². The van der Waals surface area contributed by atoms with Crippen LogP contribution in [-0.2, 0) is 32.7 Å². The number of rotatable bonds is 34. The van der Waals surface area contributed by atoms with Gasteiger partial charge in [-0.2, -0.15) is 0 Å². The average molecular weight is 721 g/mol. The normalized spacial score (nSPS) is 14.2. The zero-order chi connectivity index (χ0) is 36.8. The van der Waals surface area contributed by atoms with Crippen molar-refractivity contribution in [3.63, 3.8) is 0 Å². The summed E-state index contributed by atoms with van der Waals surface area (Å²) in [6.07, 6.45) is 43.8. The van der Waals surface area contributed by atoms with E-state index in [0.717, 1.165) is 103 Å². The van der Waals surface area contributed by atoms with Gasteiger partial charge in [-0.3, -0.25) is 18.6 Å². The molecule has 8 nitrogen and oxygen atoms in total. The van der Waals surface area contributed by atoms with Crippen LogP contribution in [0.15, 0.2) is 72.9 Å². The molecule has 0 aliphatic heterocycles. The van der Waals surface area contributed by atoms with Gasteiger partial charge in [-0.1, -0.05) is 125 Å². The van der Waals surface area contributed by atoms with Gasteiger partial charge in [0.2, 0.25) is 0 Å². The van der Waals surface area contributed by atoms with Gasteiger partial charge in [-0.15, -0.1) is 0 Å². The Bertz CT molecular complexity index is 1040. The van der Waals surface area contributed by atoms with Crippen molar-refractivity contribution in [1.82, 2.24) is 0 Å². The largest absolute Gasteiger partial charge is 0.472 e. The van der Waals surface area contributed by atoms with Gasteiger partial charge in [0, 0.05) is 12.8 Å². The lowest BCUT2D eigenvalue weighted by atomic mass is 10.1. The number of esters is 2. The molecule has 286 valence electrons. The molecule has 9 heteroatoms. The highest BCUT2D eigenvalue weighted by molar-refractivity contribution is 7.47. The van der Waals surface area contributed by atoms with Gasteiger partial charge < -0.3 is 14.4 Å². The maximum Gasteiger partial charge on any atom is 0.472 e. The van der Waals surface area contributed by atoms with Gasteiger partial charge in [0.05, 0.1) is 13.2 Å². The molecule has 0 fully saturated rings. The Hall–Kier alpha value is -2.51. The lowest BCUT2D eigenvalue weighted by Crippen LogP contribution is -2.29. The Kier molecular flexibility index (Phi) is 34.5. The monoisotopic (exact) mass is 720 g/mol. The van der Waals surface area contributed by atoms with Crippen molar-refractivity contribution < 1.29 is 37.6 Å². The topological polar surface area (TPSA) is 108 Å². The van der Waals surface area contributed by atoms with Crippen molar-refractivity contribution in [3.8, 4) is 0 Å². The molecule has 0 aromatic carbocycles. The molecule has 0 saturated carbocycles. The first kappa shape index (κ1) is 47.5. The van der Waals surface area contributed by atoms with Crippen LogP contribution < -0.4 is 0 Å². The fraction of sp³-hybridized carbons (Fsp3) is 0.659. The molecule has 0 rings (SSSR count). The molecule has 50 heavy (non-hydrogen) atoms. The highest BCUT2D eigenvalue weighted by Gasteiger charge is 2.25. The van der Waals surface area contributed by atoms with Crippen molar-refractivity contribution in [2.45, 2.75) is 155 Å². The predicted octanol–water partition coefficient (Wildman–Crippen LogP) is 11.8. The van der Waals surface area contributed by atoms with Crippen molar-refractivity contribution in [2.75, 3.05) is 19.8 Å². The van der Waals surface area contributed by atoms with Crippen LogP contribution in [0.1, 0.15) is 149 Å². The molecular formula is C41H69O8P. The van der Waals surface area contributed by atoms with Crippen LogP contribution in [0.4, 0.5) is 0 Å². The van der Waals surface area contributed by atoms with Gasteiger partial charge in [0.1, 0.15) is 6.61 Å². The zero-order valence-electron chi connectivity index (χ0n) is 31.5. The van der Waals surface area contributed by atoms with Crippen molar-refractivity contribution >= 4 is 19.8 Å². The van der Waals surface area contributed by atoms with Crippen molar-refractivity contribution in [3.05, 3.63) is 72.9 Å². The van der Waals surface area contributed by atoms with Crippen molar-refractivity contribution in [2.24, 2.45) is 0 Å². The van der Waals surface area contributed by atoms with E-state index in [1.54, 1.807) is 6.92 Å². The van der Waals surface area contributed by atoms with Crippen LogP contribution in [0.3, 0.4) is 0 Å². The van der Waals surface area contributed by atoms with E-state index in [4.69, 9.17) is 18.5 Å². The Labute approximate surface area is 304 Å². The molecule has 0 radical (unpaired) electrons. The van der Waals surface area contributed by atoms with Crippen LogP contribution >= 0.6 is 7.82 Å². The molecule has 1 unspecified atom stereocenters. The van der Waals surface area contributed by atoms with E-state index in [1.165, 1.54) is 0 Å². The summed E-state index contributed by atoms with van der Waals surface area (Å²) in [7, 11) is -4.29. The number of allylic oxidation sites excluding steroid dienone is 12. The molecule has 0 amide bonds. The minimum Gasteiger partial charge on any atom is -0.462 e. The molecule has 2 atom stereocenters. The quantitative estimate of drug-likeness (QED) is 0.0303. The summed E-state index contributed by atoms with van der Waals surface area (Å²) in [6, 6.07) is 0. The first-order valence-electron chi connectivity index (χ1n) is 19.2. The molecular weight excluding hydrogens is 651 g/mol. The highest BCUT2D eigenvalue weighted by Crippen LogP contribution is 2.43. The van der Waals surface area contributed by atoms with Crippen molar-refractivity contribution in [1.29, 1.82) is 0 Å². The van der Waals surface area contributed by atoms with Gasteiger partial charge in [0.15, 0.2) is 6.10 Å². The SMILES string of the molecule is CC/C=C\C/C=C\C/C=C\CCCCCCCC(=O)OC[C@H](COP(=O)(O)OCC)OC(=O)CCCCCCC/C=C\C/C=C\C/C=C\CC. The number of phosphoric ester groups is 1. The van der Waals surface area contributed by atoms with E-state index in [-0.39, 0.29) is 26.1 Å². The Morgan fingerprint density at radius 2 is 0.960 bits per heavy atom. The zero-order valence-corrected chi connectivity index (χ0v) is 32.4. The number of carbonyl (C=O) groups excluding carboxylic acids is 2. The Balaban J connectivity index is 4.22. The second-order valence-electron chi connectivity index (χ2n) is 12.2. The minimum atomic E-state index is -4.29. The third kappa shape index (κ3) is 35.3. The fourth-order valence-corrected chi connectivity index (χ4v) is 5.53. The lowest BCUT2D eigenvalue weighted by molar-refractivity contribution is -0.161.